The molecule has 1 saturated carbocycles. The van der Waals surface area contributed by atoms with Crippen molar-refractivity contribution >= 4 is 31.6 Å². The molecule has 0 heterocycles. The van der Waals surface area contributed by atoms with E-state index in [0.29, 0.717) is 28.6 Å². The first-order valence-corrected chi connectivity index (χ1v) is 9.68. The number of hydrogen-bond acceptors (Lipinski definition) is 3. The fourth-order valence-corrected chi connectivity index (χ4v) is 5.61. The smallest absolute Gasteiger partial charge is 0.185 e. The highest BCUT2D eigenvalue weighted by atomic mass is 79.9. The summed E-state index contributed by atoms with van der Waals surface area (Å²) in [6.07, 6.45) is 2.42. The van der Waals surface area contributed by atoms with E-state index < -0.39 is 15.1 Å². The molecule has 0 aromatic heterocycles. The molecule has 2 atom stereocenters. The molecule has 1 fully saturated rings. The summed E-state index contributed by atoms with van der Waals surface area (Å²) in [5.41, 5.74) is 0.624. The number of benzene rings is 1. The average Bonchev–Trinajstić information content (AvgIpc) is 2.48. The van der Waals surface area contributed by atoms with Crippen LogP contribution in [-0.2, 0) is 14.6 Å². The van der Waals surface area contributed by atoms with Crippen LogP contribution in [0.1, 0.15) is 25.7 Å². The number of sulfone groups is 1. The predicted molar refractivity (Wildman–Crippen MR) is 87.3 cm³/mol. The first kappa shape index (κ1) is 16.4. The zero-order valence-electron chi connectivity index (χ0n) is 11.8. The van der Waals surface area contributed by atoms with Crippen LogP contribution in [0, 0.1) is 5.92 Å². The van der Waals surface area contributed by atoms with E-state index in [1.807, 2.05) is 0 Å². The van der Waals surface area contributed by atoms with Crippen LogP contribution in [0.5, 0.6) is 0 Å². The van der Waals surface area contributed by atoms with Crippen molar-refractivity contribution in [2.45, 2.75) is 35.8 Å². The Labute approximate surface area is 134 Å². The van der Waals surface area contributed by atoms with Crippen molar-refractivity contribution < 1.29 is 13.2 Å². The van der Waals surface area contributed by atoms with Gasteiger partial charge in [0.15, 0.2) is 9.84 Å². The van der Waals surface area contributed by atoms with E-state index in [1.165, 1.54) is 0 Å². The zero-order valence-corrected chi connectivity index (χ0v) is 14.2. The van der Waals surface area contributed by atoms with Gasteiger partial charge in [-0.05, 0) is 36.5 Å². The van der Waals surface area contributed by atoms with E-state index in [1.54, 1.807) is 30.3 Å². The van der Waals surface area contributed by atoms with Crippen molar-refractivity contribution in [3.8, 4) is 0 Å². The number of hydrogen-bond donors (Lipinski definition) is 0. The molecule has 1 aliphatic carbocycles. The largest absolute Gasteiger partial charge is 0.300 e. The van der Waals surface area contributed by atoms with Crippen LogP contribution >= 0.6 is 15.9 Å². The van der Waals surface area contributed by atoms with Gasteiger partial charge in [0, 0.05) is 18.2 Å². The molecule has 3 nitrogen and oxygen atoms in total. The van der Waals surface area contributed by atoms with Crippen LogP contribution in [0.15, 0.2) is 47.4 Å². The number of halogens is 1. The third kappa shape index (κ3) is 3.64. The van der Waals surface area contributed by atoms with Gasteiger partial charge in [0.2, 0.25) is 0 Å². The first-order chi connectivity index (χ1) is 9.96. The fraction of sp³-hybridized carbons (Fsp3) is 0.438. The Morgan fingerprint density at radius 1 is 1.33 bits per heavy atom. The minimum atomic E-state index is -3.52. The Morgan fingerprint density at radius 2 is 2.00 bits per heavy atom. The molecule has 0 aliphatic heterocycles. The summed E-state index contributed by atoms with van der Waals surface area (Å²) in [6.45, 7) is 3.93. The van der Waals surface area contributed by atoms with Gasteiger partial charge < -0.3 is 0 Å². The van der Waals surface area contributed by atoms with E-state index in [-0.39, 0.29) is 11.7 Å². The molecule has 0 unspecified atom stereocenters. The standard InChI is InChI=1S/C16H19BrO3S/c1-12(11-17)16(13-6-5-7-14(18)10-13)21(19,20)15-8-3-2-4-9-15/h2-4,8-9,13,16H,1,5-7,10-11H2/t13-,16+/m0/s1. The molecular weight excluding hydrogens is 352 g/mol. The number of rotatable bonds is 5. The van der Waals surface area contributed by atoms with Crippen molar-refractivity contribution in [1.82, 2.24) is 0 Å². The highest BCUT2D eigenvalue weighted by Crippen LogP contribution is 2.35. The van der Waals surface area contributed by atoms with E-state index in [2.05, 4.69) is 22.5 Å². The molecule has 0 amide bonds. The third-order valence-corrected chi connectivity index (χ3v) is 6.96. The molecule has 21 heavy (non-hydrogen) atoms. The lowest BCUT2D eigenvalue weighted by Crippen LogP contribution is -2.35. The molecule has 1 aliphatic rings. The second-order valence-electron chi connectivity index (χ2n) is 5.47. The minimum absolute atomic E-state index is 0.155. The molecule has 1 aromatic rings. The first-order valence-electron chi connectivity index (χ1n) is 7.01. The topological polar surface area (TPSA) is 51.2 Å². The van der Waals surface area contributed by atoms with E-state index in [4.69, 9.17) is 0 Å². The molecule has 0 bridgehead atoms. The van der Waals surface area contributed by atoms with Crippen LogP contribution in [0.25, 0.3) is 0 Å². The molecule has 1 aromatic carbocycles. The van der Waals surface area contributed by atoms with Crippen LogP contribution < -0.4 is 0 Å². The molecular formula is C16H19BrO3S. The maximum atomic E-state index is 12.9. The van der Waals surface area contributed by atoms with Crippen molar-refractivity contribution in [1.29, 1.82) is 0 Å². The van der Waals surface area contributed by atoms with Crippen LogP contribution in [0.3, 0.4) is 0 Å². The molecule has 0 N–H and O–H groups in total. The molecule has 0 spiro atoms. The lowest BCUT2D eigenvalue weighted by Gasteiger charge is -2.30. The highest BCUT2D eigenvalue weighted by Gasteiger charge is 2.38. The summed E-state index contributed by atoms with van der Waals surface area (Å²) in [5, 5.41) is -0.266. The Balaban J connectivity index is 2.40. The quantitative estimate of drug-likeness (QED) is 0.588. The van der Waals surface area contributed by atoms with Gasteiger partial charge in [-0.1, -0.05) is 40.7 Å². The number of carbonyl (C=O) groups excluding carboxylic acids is 1. The second-order valence-corrected chi connectivity index (χ2v) is 8.10. The summed E-state index contributed by atoms with van der Waals surface area (Å²) in [7, 11) is -3.52. The Bertz CT molecular complexity index is 622. The molecule has 0 radical (unpaired) electrons. The summed E-state index contributed by atoms with van der Waals surface area (Å²) in [4.78, 5) is 12.0. The van der Waals surface area contributed by atoms with Crippen molar-refractivity contribution in [2.75, 3.05) is 5.33 Å². The number of alkyl halides is 1. The SMILES string of the molecule is C=C(CBr)[C@H]([C@H]1CCCC(=O)C1)S(=O)(=O)c1ccccc1. The van der Waals surface area contributed by atoms with Gasteiger partial charge in [0.1, 0.15) is 5.78 Å². The van der Waals surface area contributed by atoms with Gasteiger partial charge in [-0.25, -0.2) is 8.42 Å². The van der Waals surface area contributed by atoms with Gasteiger partial charge in [-0.3, -0.25) is 4.79 Å². The van der Waals surface area contributed by atoms with Gasteiger partial charge in [-0.15, -0.1) is 0 Å². The maximum absolute atomic E-state index is 12.9. The molecule has 5 heteroatoms. The van der Waals surface area contributed by atoms with Crippen LogP contribution in [-0.4, -0.2) is 24.8 Å². The molecule has 2 rings (SSSR count). The van der Waals surface area contributed by atoms with Gasteiger partial charge in [0.25, 0.3) is 0 Å². The molecule has 0 saturated heterocycles. The fourth-order valence-electron chi connectivity index (χ4n) is 2.96. The summed E-state index contributed by atoms with van der Waals surface area (Å²) >= 11 is 3.31. The van der Waals surface area contributed by atoms with E-state index in [0.717, 1.165) is 12.8 Å². The number of Topliss-reactive ketones (excluding diaryl/α,β-unsaturated/α-hetero) is 1. The lowest BCUT2D eigenvalue weighted by atomic mass is 9.84. The number of ketones is 1. The minimum Gasteiger partial charge on any atom is -0.300 e. The summed E-state index contributed by atoms with van der Waals surface area (Å²) in [6, 6.07) is 8.43. The summed E-state index contributed by atoms with van der Waals surface area (Å²) < 4.78 is 25.9. The van der Waals surface area contributed by atoms with Crippen LogP contribution in [0.2, 0.25) is 0 Å². The average molecular weight is 371 g/mol. The normalized spacial score (nSPS) is 21.0. The number of carbonyl (C=O) groups is 1. The van der Waals surface area contributed by atoms with Crippen molar-refractivity contribution in [3.63, 3.8) is 0 Å². The highest BCUT2D eigenvalue weighted by molar-refractivity contribution is 9.09. The van der Waals surface area contributed by atoms with Gasteiger partial charge in [-0.2, -0.15) is 0 Å². The Hall–Kier alpha value is -0.940. The van der Waals surface area contributed by atoms with Crippen LogP contribution in [0.4, 0.5) is 0 Å². The summed E-state index contributed by atoms with van der Waals surface area (Å²) in [5.74, 6) is -0.0107. The monoisotopic (exact) mass is 370 g/mol. The lowest BCUT2D eigenvalue weighted by molar-refractivity contribution is -0.121. The Morgan fingerprint density at radius 3 is 2.57 bits per heavy atom. The van der Waals surface area contributed by atoms with E-state index >= 15 is 0 Å². The van der Waals surface area contributed by atoms with Crippen molar-refractivity contribution in [3.05, 3.63) is 42.5 Å². The third-order valence-electron chi connectivity index (χ3n) is 3.93. The van der Waals surface area contributed by atoms with E-state index in [9.17, 15) is 13.2 Å². The van der Waals surface area contributed by atoms with Gasteiger partial charge in [0.05, 0.1) is 10.1 Å². The predicted octanol–water partition coefficient (Wildman–Crippen LogP) is 3.54. The zero-order chi connectivity index (χ0) is 15.5. The van der Waals surface area contributed by atoms with Crippen molar-refractivity contribution in [2.24, 2.45) is 5.92 Å². The maximum Gasteiger partial charge on any atom is 0.185 e. The second kappa shape index (κ2) is 6.88. The Kier molecular flexibility index (Phi) is 5.38. The van der Waals surface area contributed by atoms with Gasteiger partial charge >= 0.3 is 0 Å². The molecule has 114 valence electrons.